The lowest BCUT2D eigenvalue weighted by molar-refractivity contribution is 0.112. The molecule has 0 saturated heterocycles. The molecule has 1 aromatic heterocycles. The molecule has 18 heavy (non-hydrogen) atoms. The molecule has 0 amide bonds. The average Bonchev–Trinajstić information content (AvgIpc) is 2.42. The predicted octanol–water partition coefficient (Wildman–Crippen LogP) is 3.65. The van der Waals surface area contributed by atoms with Gasteiger partial charge in [-0.15, -0.1) is 0 Å². The van der Waals surface area contributed by atoms with Crippen LogP contribution in [0.2, 0.25) is 0 Å². The standard InChI is InChI=1S/C13H10FNO.C2H6/c14-13-3-1-2-10(7-13)6-11-4-5-15-8-12(11)9-16;1-2/h1-5,7-9H,6H2;1-2H3. The van der Waals surface area contributed by atoms with Gasteiger partial charge in [0, 0.05) is 18.0 Å². The van der Waals surface area contributed by atoms with Crippen LogP contribution in [0, 0.1) is 5.82 Å². The summed E-state index contributed by atoms with van der Waals surface area (Å²) >= 11 is 0. The maximum absolute atomic E-state index is 13.0. The fourth-order valence-electron chi connectivity index (χ4n) is 1.57. The van der Waals surface area contributed by atoms with Crippen molar-refractivity contribution in [1.29, 1.82) is 0 Å². The maximum atomic E-state index is 13.0. The number of benzene rings is 1. The minimum Gasteiger partial charge on any atom is -0.298 e. The van der Waals surface area contributed by atoms with Gasteiger partial charge in [0.2, 0.25) is 0 Å². The largest absolute Gasteiger partial charge is 0.298 e. The van der Waals surface area contributed by atoms with Crippen molar-refractivity contribution in [2.45, 2.75) is 20.3 Å². The van der Waals surface area contributed by atoms with Crippen molar-refractivity contribution in [3.05, 3.63) is 65.2 Å². The van der Waals surface area contributed by atoms with E-state index in [4.69, 9.17) is 0 Å². The molecule has 0 aliphatic heterocycles. The quantitative estimate of drug-likeness (QED) is 0.772. The van der Waals surface area contributed by atoms with Crippen LogP contribution in [0.15, 0.2) is 42.7 Å². The molecule has 0 saturated carbocycles. The normalized spacial score (nSPS) is 9.28. The zero-order valence-corrected chi connectivity index (χ0v) is 10.6. The molecular weight excluding hydrogens is 229 g/mol. The van der Waals surface area contributed by atoms with Gasteiger partial charge in [-0.25, -0.2) is 4.39 Å². The number of halogens is 1. The van der Waals surface area contributed by atoms with E-state index in [1.165, 1.54) is 18.3 Å². The molecule has 0 spiro atoms. The second-order valence-electron chi connectivity index (χ2n) is 3.50. The summed E-state index contributed by atoms with van der Waals surface area (Å²) in [5.41, 5.74) is 2.25. The second-order valence-corrected chi connectivity index (χ2v) is 3.50. The van der Waals surface area contributed by atoms with E-state index in [2.05, 4.69) is 4.98 Å². The minimum atomic E-state index is -0.265. The summed E-state index contributed by atoms with van der Waals surface area (Å²) in [5, 5.41) is 0. The lowest BCUT2D eigenvalue weighted by Gasteiger charge is -2.04. The Hall–Kier alpha value is -2.03. The van der Waals surface area contributed by atoms with Gasteiger partial charge in [0.1, 0.15) is 5.82 Å². The lowest BCUT2D eigenvalue weighted by Crippen LogP contribution is -1.95. The van der Waals surface area contributed by atoms with Crippen LogP contribution < -0.4 is 0 Å². The van der Waals surface area contributed by atoms with E-state index in [1.807, 2.05) is 19.9 Å². The number of aromatic nitrogens is 1. The van der Waals surface area contributed by atoms with Crippen molar-refractivity contribution >= 4 is 6.29 Å². The van der Waals surface area contributed by atoms with Gasteiger partial charge < -0.3 is 0 Å². The summed E-state index contributed by atoms with van der Waals surface area (Å²) in [5.74, 6) is -0.265. The van der Waals surface area contributed by atoms with Crippen LogP contribution in [-0.2, 0) is 6.42 Å². The smallest absolute Gasteiger partial charge is 0.151 e. The van der Waals surface area contributed by atoms with Crippen LogP contribution in [0.25, 0.3) is 0 Å². The first-order chi connectivity index (χ1) is 8.79. The Bertz CT molecular complexity index is 511. The van der Waals surface area contributed by atoms with Crippen LogP contribution in [0.3, 0.4) is 0 Å². The van der Waals surface area contributed by atoms with E-state index in [1.54, 1.807) is 18.3 Å². The Morgan fingerprint density at radius 3 is 2.72 bits per heavy atom. The second kappa shape index (κ2) is 7.33. The van der Waals surface area contributed by atoms with Crippen molar-refractivity contribution in [3.63, 3.8) is 0 Å². The molecule has 3 heteroatoms. The van der Waals surface area contributed by atoms with E-state index < -0.39 is 0 Å². The van der Waals surface area contributed by atoms with Crippen LogP contribution >= 0.6 is 0 Å². The van der Waals surface area contributed by atoms with Gasteiger partial charge in [-0.3, -0.25) is 9.78 Å². The van der Waals surface area contributed by atoms with Gasteiger partial charge in [-0.05, 0) is 35.7 Å². The summed E-state index contributed by atoms with van der Waals surface area (Å²) in [7, 11) is 0. The van der Waals surface area contributed by atoms with E-state index in [-0.39, 0.29) is 5.82 Å². The highest BCUT2D eigenvalue weighted by Crippen LogP contribution is 2.12. The van der Waals surface area contributed by atoms with E-state index >= 15 is 0 Å². The summed E-state index contributed by atoms with van der Waals surface area (Å²) < 4.78 is 13.0. The molecule has 1 aromatic carbocycles. The Kier molecular flexibility index (Phi) is 5.71. The average molecular weight is 245 g/mol. The van der Waals surface area contributed by atoms with Crippen molar-refractivity contribution in [3.8, 4) is 0 Å². The minimum absolute atomic E-state index is 0.265. The zero-order chi connectivity index (χ0) is 13.4. The van der Waals surface area contributed by atoms with Gasteiger partial charge in [-0.2, -0.15) is 0 Å². The molecule has 0 atom stereocenters. The van der Waals surface area contributed by atoms with Gasteiger partial charge in [0.05, 0.1) is 0 Å². The van der Waals surface area contributed by atoms with Crippen LogP contribution in [0.1, 0.15) is 35.3 Å². The topological polar surface area (TPSA) is 30.0 Å². The maximum Gasteiger partial charge on any atom is 0.151 e. The number of carbonyl (C=O) groups is 1. The predicted molar refractivity (Wildman–Crippen MR) is 70.2 cm³/mol. The molecule has 2 rings (SSSR count). The SMILES string of the molecule is CC.O=Cc1cnccc1Cc1cccc(F)c1. The molecule has 0 N–H and O–H groups in total. The Balaban J connectivity index is 0.000000771. The molecule has 2 nitrogen and oxygen atoms in total. The first-order valence-electron chi connectivity index (χ1n) is 5.92. The molecule has 0 aliphatic rings. The molecule has 0 bridgehead atoms. The van der Waals surface area contributed by atoms with Gasteiger partial charge in [0.25, 0.3) is 0 Å². The summed E-state index contributed by atoms with van der Waals surface area (Å²) in [6.45, 7) is 4.00. The Morgan fingerprint density at radius 2 is 2.06 bits per heavy atom. The molecule has 0 unspecified atom stereocenters. The summed E-state index contributed by atoms with van der Waals surface area (Å²) in [4.78, 5) is 14.6. The van der Waals surface area contributed by atoms with Crippen LogP contribution in [0.5, 0.6) is 0 Å². The Labute approximate surface area is 107 Å². The van der Waals surface area contributed by atoms with Crippen molar-refractivity contribution in [2.24, 2.45) is 0 Å². The van der Waals surface area contributed by atoms with E-state index in [9.17, 15) is 9.18 Å². The monoisotopic (exact) mass is 245 g/mol. The number of pyridine rings is 1. The van der Waals surface area contributed by atoms with Crippen LogP contribution in [-0.4, -0.2) is 11.3 Å². The fraction of sp³-hybridized carbons (Fsp3) is 0.200. The molecule has 1 heterocycles. The number of nitrogens with zero attached hydrogens (tertiary/aromatic N) is 1. The number of carbonyl (C=O) groups excluding carboxylic acids is 1. The van der Waals surface area contributed by atoms with Crippen LogP contribution in [0.4, 0.5) is 4.39 Å². The van der Waals surface area contributed by atoms with Gasteiger partial charge in [-0.1, -0.05) is 26.0 Å². The van der Waals surface area contributed by atoms with Crippen molar-refractivity contribution in [1.82, 2.24) is 4.98 Å². The lowest BCUT2D eigenvalue weighted by atomic mass is 10.0. The summed E-state index contributed by atoms with van der Waals surface area (Å²) in [6, 6.07) is 8.13. The highest BCUT2D eigenvalue weighted by molar-refractivity contribution is 5.76. The number of rotatable bonds is 3. The first-order valence-corrected chi connectivity index (χ1v) is 5.92. The highest BCUT2D eigenvalue weighted by atomic mass is 19.1. The molecule has 94 valence electrons. The van der Waals surface area contributed by atoms with Crippen molar-refractivity contribution in [2.75, 3.05) is 0 Å². The number of hydrogen-bond acceptors (Lipinski definition) is 2. The summed E-state index contributed by atoms with van der Waals surface area (Å²) in [6.07, 6.45) is 4.44. The molecule has 2 aromatic rings. The van der Waals surface area contributed by atoms with Gasteiger partial charge in [0.15, 0.2) is 6.29 Å². The number of aldehydes is 1. The van der Waals surface area contributed by atoms with Gasteiger partial charge >= 0.3 is 0 Å². The molecule has 0 fully saturated rings. The number of hydrogen-bond donors (Lipinski definition) is 0. The molecule has 0 radical (unpaired) electrons. The molecular formula is C15H16FNO. The first kappa shape index (κ1) is 14.0. The zero-order valence-electron chi connectivity index (χ0n) is 10.6. The third kappa shape index (κ3) is 3.77. The fourth-order valence-corrected chi connectivity index (χ4v) is 1.57. The molecule has 0 aliphatic carbocycles. The van der Waals surface area contributed by atoms with Crippen molar-refractivity contribution < 1.29 is 9.18 Å². The third-order valence-electron chi connectivity index (χ3n) is 2.36. The van der Waals surface area contributed by atoms with E-state index in [0.717, 1.165) is 17.4 Å². The Morgan fingerprint density at radius 1 is 1.28 bits per heavy atom. The van der Waals surface area contributed by atoms with E-state index in [0.29, 0.717) is 12.0 Å². The third-order valence-corrected chi connectivity index (χ3v) is 2.36. The highest BCUT2D eigenvalue weighted by Gasteiger charge is 2.03.